The number of fused-ring (bicyclic) bond motifs is 1. The molecule has 0 aromatic heterocycles. The van der Waals surface area contributed by atoms with E-state index in [1.165, 1.54) is 10.5 Å². The number of nitrogens with one attached hydrogen (secondary N) is 1. The van der Waals surface area contributed by atoms with Crippen LogP contribution in [-0.2, 0) is 0 Å². The molecule has 2 aromatic rings. The fourth-order valence-corrected chi connectivity index (χ4v) is 3.34. The van der Waals surface area contributed by atoms with E-state index in [-0.39, 0.29) is 0 Å². The molecule has 1 unspecified atom stereocenters. The van der Waals surface area contributed by atoms with Gasteiger partial charge < -0.3 is 5.32 Å². The highest BCUT2D eigenvalue weighted by Crippen LogP contribution is 2.39. The van der Waals surface area contributed by atoms with E-state index in [2.05, 4.69) is 35.7 Å². The molecule has 0 aliphatic carbocycles. The molecule has 88 valence electrons. The number of benzene rings is 2. The smallest absolute Gasteiger partial charge is 0.101 e. The third-order valence-corrected chi connectivity index (χ3v) is 4.26. The number of thioether (sulfide) groups is 1. The van der Waals surface area contributed by atoms with Crippen molar-refractivity contribution in [3.05, 3.63) is 59.7 Å². The summed E-state index contributed by atoms with van der Waals surface area (Å²) in [5.41, 5.74) is 2.95. The molecule has 2 nitrogen and oxygen atoms in total. The van der Waals surface area contributed by atoms with E-state index >= 15 is 0 Å². The Morgan fingerprint density at radius 3 is 2.78 bits per heavy atom. The molecule has 0 radical (unpaired) electrons. The maximum Gasteiger partial charge on any atom is 0.101 e. The largest absolute Gasteiger partial charge is 0.376 e. The lowest BCUT2D eigenvalue weighted by atomic mass is 10.1. The number of anilines is 1. The molecule has 0 fully saturated rings. The molecule has 0 spiro atoms. The van der Waals surface area contributed by atoms with Gasteiger partial charge in [0.05, 0.1) is 17.3 Å². The number of nitrogens with zero attached hydrogens (tertiary/aromatic N) is 1. The Hall–Kier alpha value is -1.92. The Bertz CT molecular complexity index is 616. The van der Waals surface area contributed by atoms with Gasteiger partial charge in [-0.3, -0.25) is 0 Å². The molecule has 0 amide bonds. The Morgan fingerprint density at radius 2 is 1.89 bits per heavy atom. The quantitative estimate of drug-likeness (QED) is 0.882. The van der Waals surface area contributed by atoms with Crippen LogP contribution in [0.15, 0.2) is 53.4 Å². The zero-order valence-electron chi connectivity index (χ0n) is 9.76. The highest BCUT2D eigenvalue weighted by molar-refractivity contribution is 7.99. The fourth-order valence-electron chi connectivity index (χ4n) is 2.18. The first-order valence-electron chi connectivity index (χ1n) is 5.86. The first kappa shape index (κ1) is 11.2. The molecule has 1 N–H and O–H groups in total. The van der Waals surface area contributed by atoms with Crippen molar-refractivity contribution in [1.82, 2.24) is 0 Å². The van der Waals surface area contributed by atoms with Crippen LogP contribution in [0.5, 0.6) is 0 Å². The molecule has 0 bridgehead atoms. The summed E-state index contributed by atoms with van der Waals surface area (Å²) in [6.45, 7) is 0. The zero-order valence-corrected chi connectivity index (χ0v) is 10.6. The van der Waals surface area contributed by atoms with Crippen LogP contribution in [0.3, 0.4) is 0 Å². The molecule has 0 saturated carbocycles. The second-order valence-corrected chi connectivity index (χ2v) is 5.26. The van der Waals surface area contributed by atoms with Crippen molar-refractivity contribution in [2.24, 2.45) is 0 Å². The predicted molar refractivity (Wildman–Crippen MR) is 74.7 cm³/mol. The minimum atomic E-state index is 0.292. The van der Waals surface area contributed by atoms with Gasteiger partial charge in [-0.1, -0.05) is 30.3 Å². The number of hydrogen-bond acceptors (Lipinski definition) is 3. The van der Waals surface area contributed by atoms with Gasteiger partial charge in [-0.05, 0) is 23.8 Å². The van der Waals surface area contributed by atoms with E-state index < -0.39 is 0 Å². The van der Waals surface area contributed by atoms with Gasteiger partial charge in [-0.2, -0.15) is 5.26 Å². The van der Waals surface area contributed by atoms with E-state index in [9.17, 15) is 0 Å². The van der Waals surface area contributed by atoms with Gasteiger partial charge in [0.1, 0.15) is 6.07 Å². The van der Waals surface area contributed by atoms with Gasteiger partial charge in [0.25, 0.3) is 0 Å². The summed E-state index contributed by atoms with van der Waals surface area (Å²) < 4.78 is 0. The molecule has 3 heteroatoms. The fraction of sp³-hybridized carbons (Fsp3) is 0.133. The zero-order chi connectivity index (χ0) is 12.4. The normalized spacial score (nSPS) is 16.9. The predicted octanol–water partition coefficient (Wildman–Crippen LogP) is 3.82. The Balaban J connectivity index is 1.89. The van der Waals surface area contributed by atoms with Crippen LogP contribution in [0.2, 0.25) is 0 Å². The number of rotatable bonds is 2. The highest BCUT2D eigenvalue weighted by atomic mass is 32.2. The summed E-state index contributed by atoms with van der Waals surface area (Å²) in [5, 5.41) is 12.6. The van der Waals surface area contributed by atoms with Crippen molar-refractivity contribution in [2.75, 3.05) is 11.1 Å². The van der Waals surface area contributed by atoms with Crippen molar-refractivity contribution in [3.63, 3.8) is 0 Å². The molecular weight excluding hydrogens is 240 g/mol. The summed E-state index contributed by atoms with van der Waals surface area (Å²) in [4.78, 5) is 1.34. The first-order chi connectivity index (χ1) is 8.88. The topological polar surface area (TPSA) is 35.8 Å². The Morgan fingerprint density at radius 1 is 1.11 bits per heavy atom. The lowest BCUT2D eigenvalue weighted by Crippen LogP contribution is -2.10. The second kappa shape index (κ2) is 4.75. The Labute approximate surface area is 111 Å². The van der Waals surface area contributed by atoms with Crippen molar-refractivity contribution < 1.29 is 0 Å². The third kappa shape index (κ3) is 1.96. The maximum atomic E-state index is 9.09. The van der Waals surface area contributed by atoms with Crippen LogP contribution in [0.4, 0.5) is 5.69 Å². The summed E-state index contributed by atoms with van der Waals surface area (Å²) in [5.74, 6) is 1.01. The standard InChI is InChI=1S/C15H12N2S/c16-9-11-5-1-3-7-13(11)17-14-10-18-15-8-4-2-6-12(14)15/h1-8,14,17H,10H2. The second-order valence-electron chi connectivity index (χ2n) is 4.20. The average molecular weight is 252 g/mol. The van der Waals surface area contributed by atoms with Crippen LogP contribution < -0.4 is 5.32 Å². The van der Waals surface area contributed by atoms with E-state index in [4.69, 9.17) is 5.26 Å². The van der Waals surface area contributed by atoms with Crippen molar-refractivity contribution in [2.45, 2.75) is 10.9 Å². The molecule has 0 saturated heterocycles. The molecule has 18 heavy (non-hydrogen) atoms. The van der Waals surface area contributed by atoms with Gasteiger partial charge in [-0.15, -0.1) is 11.8 Å². The molecule has 1 aliphatic rings. The molecule has 2 aromatic carbocycles. The van der Waals surface area contributed by atoms with Gasteiger partial charge in [0, 0.05) is 10.6 Å². The van der Waals surface area contributed by atoms with Crippen molar-refractivity contribution in [3.8, 4) is 6.07 Å². The van der Waals surface area contributed by atoms with Crippen LogP contribution in [0.25, 0.3) is 0 Å². The van der Waals surface area contributed by atoms with Crippen molar-refractivity contribution in [1.29, 1.82) is 5.26 Å². The minimum absolute atomic E-state index is 0.292. The van der Waals surface area contributed by atoms with Crippen LogP contribution in [0, 0.1) is 11.3 Å². The molecular formula is C15H12N2S. The maximum absolute atomic E-state index is 9.09. The summed E-state index contributed by atoms with van der Waals surface area (Å²) in [6, 6.07) is 18.6. The number of para-hydroxylation sites is 1. The monoisotopic (exact) mass is 252 g/mol. The van der Waals surface area contributed by atoms with Gasteiger partial charge >= 0.3 is 0 Å². The molecule has 1 atom stereocenters. The van der Waals surface area contributed by atoms with E-state index in [1.54, 1.807) is 0 Å². The number of hydrogen-bond donors (Lipinski definition) is 1. The van der Waals surface area contributed by atoms with Crippen LogP contribution in [0.1, 0.15) is 17.2 Å². The lowest BCUT2D eigenvalue weighted by molar-refractivity contribution is 0.899. The van der Waals surface area contributed by atoms with E-state index in [0.29, 0.717) is 11.6 Å². The summed E-state index contributed by atoms with van der Waals surface area (Å²) in [6.07, 6.45) is 0. The van der Waals surface area contributed by atoms with E-state index in [1.807, 2.05) is 36.0 Å². The SMILES string of the molecule is N#Cc1ccccc1NC1CSc2ccccc21. The van der Waals surface area contributed by atoms with Crippen LogP contribution >= 0.6 is 11.8 Å². The molecule has 1 heterocycles. The Kier molecular flexibility index (Phi) is 2.95. The molecule has 3 rings (SSSR count). The minimum Gasteiger partial charge on any atom is -0.376 e. The van der Waals surface area contributed by atoms with Gasteiger partial charge in [-0.25, -0.2) is 0 Å². The van der Waals surface area contributed by atoms with Gasteiger partial charge in [0.15, 0.2) is 0 Å². The third-order valence-electron chi connectivity index (χ3n) is 3.08. The number of nitriles is 1. The summed E-state index contributed by atoms with van der Waals surface area (Å²) in [7, 11) is 0. The highest BCUT2D eigenvalue weighted by Gasteiger charge is 2.22. The lowest BCUT2D eigenvalue weighted by Gasteiger charge is -2.15. The van der Waals surface area contributed by atoms with Crippen molar-refractivity contribution >= 4 is 17.4 Å². The summed E-state index contributed by atoms with van der Waals surface area (Å²) >= 11 is 1.86. The van der Waals surface area contributed by atoms with Crippen LogP contribution in [-0.4, -0.2) is 5.75 Å². The van der Waals surface area contributed by atoms with E-state index in [0.717, 1.165) is 11.4 Å². The first-order valence-corrected chi connectivity index (χ1v) is 6.84. The molecule has 1 aliphatic heterocycles. The van der Waals surface area contributed by atoms with Gasteiger partial charge in [0.2, 0.25) is 0 Å². The average Bonchev–Trinajstić information content (AvgIpc) is 2.83.